The third kappa shape index (κ3) is 4.23. The zero-order valence-corrected chi connectivity index (χ0v) is 15.9. The maximum atomic E-state index is 12.7. The predicted molar refractivity (Wildman–Crippen MR) is 99.1 cm³/mol. The Morgan fingerprint density at radius 3 is 2.08 bits per heavy atom. The van der Waals surface area contributed by atoms with Crippen molar-refractivity contribution in [2.45, 2.75) is 11.8 Å². The quantitative estimate of drug-likeness (QED) is 0.573. The lowest BCUT2D eigenvalue weighted by molar-refractivity contribution is -0.133. The Bertz CT molecular complexity index is 900. The van der Waals surface area contributed by atoms with Gasteiger partial charge in [0.25, 0.3) is 10.0 Å². The molecule has 0 unspecified atom stereocenters. The number of benzene rings is 2. The summed E-state index contributed by atoms with van der Waals surface area (Å²) in [6, 6.07) is 13.2. The Morgan fingerprint density at radius 1 is 1.00 bits per heavy atom. The van der Waals surface area contributed by atoms with Crippen molar-refractivity contribution in [1.82, 2.24) is 4.31 Å². The number of rotatable bonds is 6. The summed E-state index contributed by atoms with van der Waals surface area (Å²) in [4.78, 5) is 12.3. The zero-order chi connectivity index (χ0) is 19.3. The molecule has 0 aliphatic rings. The minimum absolute atomic E-state index is 0.119. The third-order valence-corrected chi connectivity index (χ3v) is 5.55. The molecule has 0 amide bonds. The highest BCUT2D eigenvalue weighted by Gasteiger charge is 2.21. The van der Waals surface area contributed by atoms with Gasteiger partial charge < -0.3 is 9.47 Å². The van der Waals surface area contributed by atoms with Gasteiger partial charge in [0.1, 0.15) is 5.75 Å². The lowest BCUT2D eigenvalue weighted by Crippen LogP contribution is -2.23. The van der Waals surface area contributed by atoms with Crippen molar-refractivity contribution < 1.29 is 22.7 Å². The summed E-state index contributed by atoms with van der Waals surface area (Å²) < 4.78 is 36.4. The molecule has 7 heteroatoms. The van der Waals surface area contributed by atoms with Crippen molar-refractivity contribution in [3.63, 3.8) is 0 Å². The predicted octanol–water partition coefficient (Wildman–Crippen LogP) is 2.84. The van der Waals surface area contributed by atoms with Gasteiger partial charge in [0.2, 0.25) is 0 Å². The SMILES string of the molecule is COC(=O)/C(=C\N(C)S(=O)(=O)c1ccc(C)cc1)c1ccc(OC)cc1. The monoisotopic (exact) mass is 375 g/mol. The molecule has 0 aromatic heterocycles. The summed E-state index contributed by atoms with van der Waals surface area (Å²) in [6.07, 6.45) is 1.25. The van der Waals surface area contributed by atoms with E-state index < -0.39 is 16.0 Å². The molecule has 0 saturated heterocycles. The number of aryl methyl sites for hydroxylation is 1. The lowest BCUT2D eigenvalue weighted by atomic mass is 10.1. The fourth-order valence-electron chi connectivity index (χ4n) is 2.25. The largest absolute Gasteiger partial charge is 0.497 e. The molecule has 0 atom stereocenters. The van der Waals surface area contributed by atoms with E-state index in [1.54, 1.807) is 36.4 Å². The van der Waals surface area contributed by atoms with E-state index in [2.05, 4.69) is 0 Å². The molecule has 0 bridgehead atoms. The second-order valence-electron chi connectivity index (χ2n) is 5.60. The van der Waals surface area contributed by atoms with Crippen molar-refractivity contribution in [2.24, 2.45) is 0 Å². The van der Waals surface area contributed by atoms with Crippen LogP contribution < -0.4 is 4.74 Å². The van der Waals surface area contributed by atoms with Crippen molar-refractivity contribution in [3.05, 3.63) is 65.9 Å². The van der Waals surface area contributed by atoms with E-state index in [1.165, 1.54) is 39.6 Å². The van der Waals surface area contributed by atoms with E-state index >= 15 is 0 Å². The first-order chi connectivity index (χ1) is 12.3. The number of hydrogen-bond donors (Lipinski definition) is 0. The van der Waals surface area contributed by atoms with Crippen LogP contribution in [0.25, 0.3) is 5.57 Å². The van der Waals surface area contributed by atoms with Crippen LogP contribution in [0.3, 0.4) is 0 Å². The van der Waals surface area contributed by atoms with Gasteiger partial charge >= 0.3 is 5.97 Å². The number of ether oxygens (including phenoxy) is 2. The number of esters is 1. The van der Waals surface area contributed by atoms with E-state index in [0.717, 1.165) is 9.87 Å². The van der Waals surface area contributed by atoms with Gasteiger partial charge in [-0.25, -0.2) is 13.2 Å². The first-order valence-electron chi connectivity index (χ1n) is 7.79. The average molecular weight is 375 g/mol. The molecule has 0 aliphatic heterocycles. The number of carbonyl (C=O) groups is 1. The fourth-order valence-corrected chi connectivity index (χ4v) is 3.31. The molecule has 0 saturated carbocycles. The summed E-state index contributed by atoms with van der Waals surface area (Å²) in [5, 5.41) is 0. The van der Waals surface area contributed by atoms with Crippen molar-refractivity contribution in [3.8, 4) is 5.75 Å². The first kappa shape index (κ1) is 19.5. The Morgan fingerprint density at radius 2 is 1.58 bits per heavy atom. The number of hydrogen-bond acceptors (Lipinski definition) is 5. The Kier molecular flexibility index (Phi) is 6.05. The van der Waals surface area contributed by atoms with E-state index in [4.69, 9.17) is 9.47 Å². The highest BCUT2D eigenvalue weighted by atomic mass is 32.2. The topological polar surface area (TPSA) is 72.9 Å². The Balaban J connectivity index is 2.44. The number of carbonyl (C=O) groups excluding carboxylic acids is 1. The molecule has 0 radical (unpaired) electrons. The molecule has 2 rings (SSSR count). The lowest BCUT2D eigenvalue weighted by Gasteiger charge is -2.17. The van der Waals surface area contributed by atoms with Crippen LogP contribution >= 0.6 is 0 Å². The second-order valence-corrected chi connectivity index (χ2v) is 7.59. The van der Waals surface area contributed by atoms with Gasteiger partial charge in [-0.3, -0.25) is 4.31 Å². The van der Waals surface area contributed by atoms with Gasteiger partial charge in [-0.15, -0.1) is 0 Å². The van der Waals surface area contributed by atoms with Gasteiger partial charge in [-0.05, 0) is 36.8 Å². The molecule has 26 heavy (non-hydrogen) atoms. The minimum Gasteiger partial charge on any atom is -0.497 e. The fraction of sp³-hybridized carbons (Fsp3) is 0.211. The van der Waals surface area contributed by atoms with Crippen molar-refractivity contribution >= 4 is 21.6 Å². The highest BCUT2D eigenvalue weighted by Crippen LogP contribution is 2.23. The van der Waals surface area contributed by atoms with Gasteiger partial charge in [-0.2, -0.15) is 0 Å². The summed E-state index contributed by atoms with van der Waals surface area (Å²) in [5.41, 5.74) is 1.59. The Labute approximate surface area is 153 Å². The maximum absolute atomic E-state index is 12.7. The van der Waals surface area contributed by atoms with Crippen LogP contribution in [0.5, 0.6) is 5.75 Å². The maximum Gasteiger partial charge on any atom is 0.339 e. The summed E-state index contributed by atoms with van der Waals surface area (Å²) in [6.45, 7) is 1.87. The van der Waals surface area contributed by atoms with Crippen LogP contribution in [0.15, 0.2) is 59.6 Å². The average Bonchev–Trinajstić information content (AvgIpc) is 2.65. The van der Waals surface area contributed by atoms with E-state index in [0.29, 0.717) is 11.3 Å². The zero-order valence-electron chi connectivity index (χ0n) is 15.1. The third-order valence-electron chi connectivity index (χ3n) is 3.82. The normalized spacial score (nSPS) is 11.8. The molecule has 2 aromatic rings. The van der Waals surface area contributed by atoms with E-state index in [9.17, 15) is 13.2 Å². The molecular formula is C19H21NO5S. The molecule has 6 nitrogen and oxygen atoms in total. The highest BCUT2D eigenvalue weighted by molar-refractivity contribution is 7.89. The van der Waals surface area contributed by atoms with Crippen LogP contribution in [0, 0.1) is 6.92 Å². The first-order valence-corrected chi connectivity index (χ1v) is 9.23. The molecule has 0 heterocycles. The summed E-state index contributed by atoms with van der Waals surface area (Å²) in [7, 11) is 0.368. The van der Waals surface area contributed by atoms with Crippen LogP contribution in [0.4, 0.5) is 0 Å². The molecule has 0 fully saturated rings. The van der Waals surface area contributed by atoms with Gasteiger partial charge in [0, 0.05) is 13.2 Å². The molecule has 0 aliphatic carbocycles. The minimum atomic E-state index is -3.79. The number of nitrogens with zero attached hydrogens (tertiary/aromatic N) is 1. The molecule has 0 N–H and O–H groups in total. The van der Waals surface area contributed by atoms with Gasteiger partial charge in [0.15, 0.2) is 0 Å². The van der Waals surface area contributed by atoms with E-state index in [-0.39, 0.29) is 10.5 Å². The molecule has 138 valence electrons. The summed E-state index contributed by atoms with van der Waals surface area (Å²) in [5.74, 6) is -0.0141. The van der Waals surface area contributed by atoms with E-state index in [1.807, 2.05) is 6.92 Å². The standard InChI is InChI=1S/C19H21NO5S/c1-14-5-11-17(12-6-14)26(22,23)20(2)13-18(19(21)25-4)15-7-9-16(24-3)10-8-15/h5-13H,1-4H3/b18-13-. The molecule has 2 aromatic carbocycles. The van der Waals surface area contributed by atoms with Gasteiger partial charge in [-0.1, -0.05) is 29.8 Å². The second kappa shape index (κ2) is 8.05. The number of methoxy groups -OCH3 is 2. The van der Waals surface area contributed by atoms with Crippen LogP contribution in [-0.2, 0) is 19.6 Å². The van der Waals surface area contributed by atoms with Crippen molar-refractivity contribution in [1.29, 1.82) is 0 Å². The summed E-state index contributed by atoms with van der Waals surface area (Å²) >= 11 is 0. The molecular weight excluding hydrogens is 354 g/mol. The van der Waals surface area contributed by atoms with Crippen LogP contribution in [0.1, 0.15) is 11.1 Å². The Hall–Kier alpha value is -2.80. The van der Waals surface area contributed by atoms with Gasteiger partial charge in [0.05, 0.1) is 24.7 Å². The van der Waals surface area contributed by atoms with Crippen LogP contribution in [0.2, 0.25) is 0 Å². The smallest absolute Gasteiger partial charge is 0.339 e. The van der Waals surface area contributed by atoms with Crippen molar-refractivity contribution in [2.75, 3.05) is 21.3 Å². The van der Waals surface area contributed by atoms with Crippen LogP contribution in [-0.4, -0.2) is 40.0 Å². The molecule has 0 spiro atoms. The number of sulfonamides is 1.